The van der Waals surface area contributed by atoms with Gasteiger partial charge in [0.2, 0.25) is 5.91 Å². The SMILES string of the molecule is CCOc1ccccc1OCC(=O)N1CCCN(C(=O)Cc2cccs2)CC1. The van der Waals surface area contributed by atoms with Crippen molar-refractivity contribution in [3.63, 3.8) is 0 Å². The van der Waals surface area contributed by atoms with E-state index in [1.165, 1.54) is 0 Å². The van der Waals surface area contributed by atoms with E-state index in [2.05, 4.69) is 0 Å². The molecule has 2 amide bonds. The van der Waals surface area contributed by atoms with Gasteiger partial charge in [-0.1, -0.05) is 18.2 Å². The lowest BCUT2D eigenvalue weighted by Gasteiger charge is -2.22. The van der Waals surface area contributed by atoms with Crippen LogP contribution < -0.4 is 9.47 Å². The highest BCUT2D eigenvalue weighted by Crippen LogP contribution is 2.26. The normalized spacial score (nSPS) is 14.5. The summed E-state index contributed by atoms with van der Waals surface area (Å²) in [6, 6.07) is 11.3. The Morgan fingerprint density at radius 2 is 1.61 bits per heavy atom. The second kappa shape index (κ2) is 10.1. The summed E-state index contributed by atoms with van der Waals surface area (Å²) in [6.07, 6.45) is 1.21. The summed E-state index contributed by atoms with van der Waals surface area (Å²) in [5.74, 6) is 1.26. The average molecular weight is 403 g/mol. The largest absolute Gasteiger partial charge is 0.490 e. The molecule has 6 nitrogen and oxygen atoms in total. The van der Waals surface area contributed by atoms with Gasteiger partial charge in [0.1, 0.15) is 0 Å². The monoisotopic (exact) mass is 402 g/mol. The second-order valence-corrected chi connectivity index (χ2v) is 7.57. The number of thiophene rings is 1. The molecule has 7 heteroatoms. The van der Waals surface area contributed by atoms with Crippen LogP contribution in [0.5, 0.6) is 11.5 Å². The molecule has 1 saturated heterocycles. The summed E-state index contributed by atoms with van der Waals surface area (Å²) in [7, 11) is 0. The van der Waals surface area contributed by atoms with Crippen molar-refractivity contribution in [2.45, 2.75) is 19.8 Å². The molecule has 1 aliphatic rings. The summed E-state index contributed by atoms with van der Waals surface area (Å²) >= 11 is 1.60. The molecule has 0 saturated carbocycles. The molecule has 0 radical (unpaired) electrons. The first-order valence-electron chi connectivity index (χ1n) is 9.60. The van der Waals surface area contributed by atoms with Crippen molar-refractivity contribution < 1.29 is 19.1 Å². The fraction of sp³-hybridized carbons (Fsp3) is 0.429. The maximum Gasteiger partial charge on any atom is 0.260 e. The molecule has 0 bridgehead atoms. The number of carbonyl (C=O) groups is 2. The molecule has 1 fully saturated rings. The number of hydrogen-bond donors (Lipinski definition) is 0. The highest BCUT2D eigenvalue weighted by molar-refractivity contribution is 7.10. The molecule has 0 spiro atoms. The van der Waals surface area contributed by atoms with Gasteiger partial charge in [0.15, 0.2) is 18.1 Å². The van der Waals surface area contributed by atoms with Gasteiger partial charge < -0.3 is 19.3 Å². The van der Waals surface area contributed by atoms with E-state index in [1.807, 2.05) is 47.5 Å². The van der Waals surface area contributed by atoms with Crippen LogP contribution in [-0.4, -0.2) is 61.0 Å². The highest BCUT2D eigenvalue weighted by Gasteiger charge is 2.22. The van der Waals surface area contributed by atoms with Gasteiger partial charge in [-0.15, -0.1) is 11.3 Å². The van der Waals surface area contributed by atoms with E-state index < -0.39 is 0 Å². The van der Waals surface area contributed by atoms with E-state index in [0.717, 1.165) is 11.3 Å². The maximum absolute atomic E-state index is 12.6. The molecule has 3 rings (SSSR count). The van der Waals surface area contributed by atoms with Crippen LogP contribution in [0.2, 0.25) is 0 Å². The molecular formula is C21H26N2O4S. The number of carbonyl (C=O) groups excluding carboxylic acids is 2. The van der Waals surface area contributed by atoms with Gasteiger partial charge in [0.05, 0.1) is 13.0 Å². The zero-order valence-corrected chi connectivity index (χ0v) is 17.0. The van der Waals surface area contributed by atoms with E-state index in [1.54, 1.807) is 22.3 Å². The van der Waals surface area contributed by atoms with Gasteiger partial charge in [-0.2, -0.15) is 0 Å². The third-order valence-electron chi connectivity index (χ3n) is 4.61. The first-order valence-corrected chi connectivity index (χ1v) is 10.5. The minimum Gasteiger partial charge on any atom is -0.490 e. The number of hydrogen-bond acceptors (Lipinski definition) is 5. The molecule has 1 aromatic carbocycles. The standard InChI is InChI=1S/C21H26N2O4S/c1-2-26-18-8-3-4-9-19(18)27-16-21(25)23-11-6-10-22(12-13-23)20(24)15-17-7-5-14-28-17/h3-5,7-9,14H,2,6,10-13,15-16H2,1H3. The van der Waals surface area contributed by atoms with Gasteiger partial charge >= 0.3 is 0 Å². The minimum atomic E-state index is -0.0705. The third kappa shape index (κ3) is 5.48. The summed E-state index contributed by atoms with van der Waals surface area (Å²) in [6.45, 7) is 4.82. The topological polar surface area (TPSA) is 59.1 Å². The predicted octanol–water partition coefficient (Wildman–Crippen LogP) is 2.83. The Labute approximate surface area is 169 Å². The molecule has 1 aliphatic heterocycles. The van der Waals surface area contributed by atoms with Crippen LogP contribution in [0.25, 0.3) is 0 Å². The Bertz CT molecular complexity index is 778. The average Bonchev–Trinajstić information content (AvgIpc) is 3.08. The minimum absolute atomic E-state index is 0.0345. The Balaban J connectivity index is 1.49. The highest BCUT2D eigenvalue weighted by atomic mass is 32.1. The lowest BCUT2D eigenvalue weighted by Crippen LogP contribution is -2.39. The molecule has 28 heavy (non-hydrogen) atoms. The van der Waals surface area contributed by atoms with E-state index in [-0.39, 0.29) is 18.4 Å². The van der Waals surface area contributed by atoms with Crippen LogP contribution in [-0.2, 0) is 16.0 Å². The Hall–Kier alpha value is -2.54. The number of nitrogens with zero attached hydrogens (tertiary/aromatic N) is 2. The Morgan fingerprint density at radius 3 is 2.25 bits per heavy atom. The van der Waals surface area contributed by atoms with E-state index in [0.29, 0.717) is 50.7 Å². The fourth-order valence-corrected chi connectivity index (χ4v) is 3.86. The van der Waals surface area contributed by atoms with Gasteiger partial charge in [-0.25, -0.2) is 0 Å². The molecule has 0 atom stereocenters. The molecule has 0 aliphatic carbocycles. The molecule has 150 valence electrons. The number of benzene rings is 1. The van der Waals surface area contributed by atoms with Crippen LogP contribution in [0.15, 0.2) is 41.8 Å². The molecule has 0 unspecified atom stereocenters. The van der Waals surface area contributed by atoms with Crippen LogP contribution in [0, 0.1) is 0 Å². The third-order valence-corrected chi connectivity index (χ3v) is 5.48. The smallest absolute Gasteiger partial charge is 0.260 e. The van der Waals surface area contributed by atoms with Crippen LogP contribution >= 0.6 is 11.3 Å². The van der Waals surface area contributed by atoms with E-state index in [9.17, 15) is 9.59 Å². The number of amides is 2. The number of rotatable bonds is 7. The fourth-order valence-electron chi connectivity index (χ4n) is 3.17. The Kier molecular flexibility index (Phi) is 7.31. The van der Waals surface area contributed by atoms with Crippen LogP contribution in [0.3, 0.4) is 0 Å². The summed E-state index contributed by atoms with van der Waals surface area (Å²) in [5, 5.41) is 1.98. The lowest BCUT2D eigenvalue weighted by molar-refractivity contribution is -0.134. The zero-order valence-electron chi connectivity index (χ0n) is 16.1. The van der Waals surface area contributed by atoms with E-state index in [4.69, 9.17) is 9.47 Å². The second-order valence-electron chi connectivity index (χ2n) is 6.54. The van der Waals surface area contributed by atoms with Crippen molar-refractivity contribution in [1.82, 2.24) is 9.80 Å². The quantitative estimate of drug-likeness (QED) is 0.715. The predicted molar refractivity (Wildman–Crippen MR) is 109 cm³/mol. The molecule has 1 aromatic heterocycles. The van der Waals surface area contributed by atoms with E-state index >= 15 is 0 Å². The zero-order chi connectivity index (χ0) is 19.8. The van der Waals surface area contributed by atoms with Gasteiger partial charge in [-0.3, -0.25) is 9.59 Å². The van der Waals surface area contributed by atoms with Gasteiger partial charge in [-0.05, 0) is 36.9 Å². The van der Waals surface area contributed by atoms with Crippen molar-refractivity contribution in [2.24, 2.45) is 0 Å². The van der Waals surface area contributed by atoms with Gasteiger partial charge in [0, 0.05) is 31.1 Å². The van der Waals surface area contributed by atoms with Crippen LogP contribution in [0.1, 0.15) is 18.2 Å². The molecule has 2 aromatic rings. The lowest BCUT2D eigenvalue weighted by atomic mass is 10.3. The van der Waals surface area contributed by atoms with Crippen molar-refractivity contribution >= 4 is 23.2 Å². The van der Waals surface area contributed by atoms with Crippen molar-refractivity contribution in [1.29, 1.82) is 0 Å². The molecule has 0 N–H and O–H groups in total. The first-order chi connectivity index (χ1) is 13.7. The summed E-state index contributed by atoms with van der Waals surface area (Å²) < 4.78 is 11.2. The van der Waals surface area contributed by atoms with Crippen LogP contribution in [0.4, 0.5) is 0 Å². The van der Waals surface area contributed by atoms with Crippen molar-refractivity contribution in [3.05, 3.63) is 46.7 Å². The van der Waals surface area contributed by atoms with Crippen molar-refractivity contribution in [2.75, 3.05) is 39.4 Å². The first kappa shape index (κ1) is 20.2. The van der Waals surface area contributed by atoms with Crippen molar-refractivity contribution in [3.8, 4) is 11.5 Å². The molecular weight excluding hydrogens is 376 g/mol. The number of para-hydroxylation sites is 2. The molecule has 2 heterocycles. The summed E-state index contributed by atoms with van der Waals surface area (Å²) in [4.78, 5) is 29.8. The Morgan fingerprint density at radius 1 is 0.929 bits per heavy atom. The summed E-state index contributed by atoms with van der Waals surface area (Å²) in [5.41, 5.74) is 0. The number of ether oxygens (including phenoxy) is 2. The van der Waals surface area contributed by atoms with Gasteiger partial charge in [0.25, 0.3) is 5.91 Å². The maximum atomic E-state index is 12.6.